The van der Waals surface area contributed by atoms with Crippen LogP contribution < -0.4 is 0 Å². The number of carbonyl (C=O) groups excluding carboxylic acids is 1. The molecule has 0 aromatic heterocycles. The third kappa shape index (κ3) is 7.39. The number of hydrogen-bond donors (Lipinski definition) is 0. The van der Waals surface area contributed by atoms with E-state index in [1.807, 2.05) is 13.8 Å². The van der Waals surface area contributed by atoms with Crippen LogP contribution in [0.5, 0.6) is 0 Å². The Kier molecular flexibility index (Phi) is 6.11. The van der Waals surface area contributed by atoms with Crippen LogP contribution in [-0.4, -0.2) is 26.2 Å². The van der Waals surface area contributed by atoms with Crippen molar-refractivity contribution in [1.29, 1.82) is 0 Å². The minimum absolute atomic E-state index is 0.101. The maximum absolute atomic E-state index is 9.43. The zero-order valence-electron chi connectivity index (χ0n) is 6.12. The van der Waals surface area contributed by atoms with Crippen molar-refractivity contribution in [3.8, 4) is 0 Å². The van der Waals surface area contributed by atoms with Crippen molar-refractivity contribution in [3.05, 3.63) is 0 Å². The molecule has 0 spiro atoms. The smallest absolute Gasteiger partial charge is 0.419 e. The molecule has 0 atom stereocenters. The topological polar surface area (TPSA) is 44.8 Å². The van der Waals surface area contributed by atoms with Gasteiger partial charge in [-0.15, -0.1) is 0 Å². The standard InChI is InChI=1S/C6H11O4/c1-6(2)10-5-9-4-8-3-7/h6H,4-5H2,1-2H3. The van der Waals surface area contributed by atoms with Crippen molar-refractivity contribution in [2.24, 2.45) is 0 Å². The minimum Gasteiger partial charge on any atom is -0.430 e. The average Bonchev–Trinajstić information content (AvgIpc) is 1.87. The number of ether oxygens (including phenoxy) is 3. The van der Waals surface area contributed by atoms with Crippen LogP contribution in [0.1, 0.15) is 13.8 Å². The zero-order valence-corrected chi connectivity index (χ0v) is 6.12. The van der Waals surface area contributed by atoms with Gasteiger partial charge in [-0.2, -0.15) is 0 Å². The molecule has 4 nitrogen and oxygen atoms in total. The van der Waals surface area contributed by atoms with Crippen molar-refractivity contribution in [3.63, 3.8) is 0 Å². The molecule has 0 saturated heterocycles. The molecule has 0 fully saturated rings. The van der Waals surface area contributed by atoms with Gasteiger partial charge in [0, 0.05) is 0 Å². The molecule has 59 valence electrons. The van der Waals surface area contributed by atoms with E-state index in [9.17, 15) is 4.79 Å². The summed E-state index contributed by atoms with van der Waals surface area (Å²) in [7, 11) is 0. The quantitative estimate of drug-likeness (QED) is 0.403. The van der Waals surface area contributed by atoms with E-state index in [1.54, 1.807) is 0 Å². The van der Waals surface area contributed by atoms with Gasteiger partial charge in [0.05, 0.1) is 6.10 Å². The third-order valence-electron chi connectivity index (χ3n) is 0.686. The Morgan fingerprint density at radius 2 is 2.10 bits per heavy atom. The summed E-state index contributed by atoms with van der Waals surface area (Å²) in [6, 6.07) is 0. The molecule has 0 N–H and O–H groups in total. The molecule has 0 rings (SSSR count). The van der Waals surface area contributed by atoms with Crippen molar-refractivity contribution >= 4 is 6.47 Å². The second-order valence-corrected chi connectivity index (χ2v) is 1.88. The second-order valence-electron chi connectivity index (χ2n) is 1.88. The predicted molar refractivity (Wildman–Crippen MR) is 33.8 cm³/mol. The van der Waals surface area contributed by atoms with Crippen molar-refractivity contribution < 1.29 is 19.0 Å². The van der Waals surface area contributed by atoms with Crippen LogP contribution in [0.4, 0.5) is 0 Å². The first-order valence-electron chi connectivity index (χ1n) is 2.95. The summed E-state index contributed by atoms with van der Waals surface area (Å²) >= 11 is 0. The Balaban J connectivity index is 2.83. The summed E-state index contributed by atoms with van der Waals surface area (Å²) < 4.78 is 13.7. The van der Waals surface area contributed by atoms with E-state index < -0.39 is 0 Å². The molecule has 0 aliphatic carbocycles. The lowest BCUT2D eigenvalue weighted by Gasteiger charge is -2.06. The van der Waals surface area contributed by atoms with Gasteiger partial charge >= 0.3 is 6.47 Å². The average molecular weight is 147 g/mol. The number of rotatable bonds is 6. The normalized spacial score (nSPS) is 9.90. The van der Waals surface area contributed by atoms with Crippen LogP contribution in [-0.2, 0) is 19.0 Å². The van der Waals surface area contributed by atoms with E-state index in [1.165, 1.54) is 6.47 Å². The highest BCUT2D eigenvalue weighted by Crippen LogP contribution is 1.87. The molecule has 0 unspecified atom stereocenters. The van der Waals surface area contributed by atoms with Crippen LogP contribution in [0.2, 0.25) is 0 Å². The van der Waals surface area contributed by atoms with E-state index in [-0.39, 0.29) is 19.7 Å². The Morgan fingerprint density at radius 3 is 2.60 bits per heavy atom. The molecule has 0 saturated carbocycles. The monoisotopic (exact) mass is 147 g/mol. The van der Waals surface area contributed by atoms with E-state index in [2.05, 4.69) is 9.47 Å². The lowest BCUT2D eigenvalue weighted by atomic mass is 10.5. The Hall–Kier alpha value is -0.610. The molecule has 0 aromatic carbocycles. The van der Waals surface area contributed by atoms with E-state index in [4.69, 9.17) is 4.74 Å². The van der Waals surface area contributed by atoms with Crippen LogP contribution >= 0.6 is 0 Å². The molecule has 0 aromatic rings. The Labute approximate surface area is 60.1 Å². The molecule has 1 radical (unpaired) electrons. The fourth-order valence-electron chi connectivity index (χ4n) is 0.284. The van der Waals surface area contributed by atoms with Crippen molar-refractivity contribution in [2.75, 3.05) is 13.6 Å². The summed E-state index contributed by atoms with van der Waals surface area (Å²) in [5.41, 5.74) is 0. The maximum atomic E-state index is 9.43. The van der Waals surface area contributed by atoms with Gasteiger partial charge in [-0.3, -0.25) is 0 Å². The minimum atomic E-state index is -0.101. The predicted octanol–water partition coefficient (Wildman–Crippen LogP) is 0.427. The van der Waals surface area contributed by atoms with Crippen LogP contribution in [0.3, 0.4) is 0 Å². The first-order chi connectivity index (χ1) is 4.77. The third-order valence-corrected chi connectivity index (χ3v) is 0.686. The summed E-state index contributed by atoms with van der Waals surface area (Å²) in [4.78, 5) is 9.43. The molecular weight excluding hydrogens is 136 g/mol. The highest BCUT2D eigenvalue weighted by molar-refractivity contribution is 5.37. The Morgan fingerprint density at radius 1 is 1.40 bits per heavy atom. The molecule has 0 aliphatic heterocycles. The fraction of sp³-hybridized carbons (Fsp3) is 0.833. The van der Waals surface area contributed by atoms with Gasteiger partial charge in [-0.05, 0) is 13.8 Å². The van der Waals surface area contributed by atoms with Gasteiger partial charge in [0.25, 0.3) is 0 Å². The highest BCUT2D eigenvalue weighted by Gasteiger charge is 1.91. The van der Waals surface area contributed by atoms with Gasteiger partial charge in [0.15, 0.2) is 13.6 Å². The molecule has 10 heavy (non-hydrogen) atoms. The van der Waals surface area contributed by atoms with E-state index in [0.29, 0.717) is 0 Å². The van der Waals surface area contributed by atoms with Gasteiger partial charge < -0.3 is 14.2 Å². The first kappa shape index (κ1) is 9.39. The van der Waals surface area contributed by atoms with E-state index in [0.717, 1.165) is 0 Å². The van der Waals surface area contributed by atoms with Gasteiger partial charge in [-0.25, -0.2) is 4.79 Å². The van der Waals surface area contributed by atoms with Crippen molar-refractivity contribution in [2.45, 2.75) is 20.0 Å². The second kappa shape index (κ2) is 6.51. The van der Waals surface area contributed by atoms with Gasteiger partial charge in [0.2, 0.25) is 0 Å². The molecular formula is C6H11O4. The van der Waals surface area contributed by atoms with Crippen LogP contribution in [0, 0.1) is 0 Å². The summed E-state index contributed by atoms with van der Waals surface area (Å²) in [5, 5.41) is 0. The lowest BCUT2D eigenvalue weighted by molar-refractivity contribution is -0.120. The van der Waals surface area contributed by atoms with Gasteiger partial charge in [0.1, 0.15) is 0 Å². The fourth-order valence-corrected chi connectivity index (χ4v) is 0.284. The molecule has 0 bridgehead atoms. The molecule has 4 heteroatoms. The summed E-state index contributed by atoms with van der Waals surface area (Å²) in [6.07, 6.45) is 0.125. The highest BCUT2D eigenvalue weighted by atomic mass is 16.7. The van der Waals surface area contributed by atoms with Crippen LogP contribution in [0.15, 0.2) is 0 Å². The zero-order chi connectivity index (χ0) is 7.82. The number of hydrogen-bond acceptors (Lipinski definition) is 4. The van der Waals surface area contributed by atoms with Gasteiger partial charge in [-0.1, -0.05) is 0 Å². The summed E-state index contributed by atoms with van der Waals surface area (Å²) in [5.74, 6) is 0. The lowest BCUT2D eigenvalue weighted by Crippen LogP contribution is -2.08. The largest absolute Gasteiger partial charge is 0.430 e. The first-order valence-corrected chi connectivity index (χ1v) is 2.95. The van der Waals surface area contributed by atoms with E-state index >= 15 is 0 Å². The Bertz CT molecular complexity index is 81.8. The maximum Gasteiger partial charge on any atom is 0.419 e. The molecule has 0 amide bonds. The summed E-state index contributed by atoms with van der Waals surface area (Å²) in [6.45, 7) is 5.03. The van der Waals surface area contributed by atoms with Crippen LogP contribution in [0.25, 0.3) is 0 Å². The van der Waals surface area contributed by atoms with Crippen molar-refractivity contribution in [1.82, 2.24) is 0 Å². The molecule has 0 heterocycles. The molecule has 0 aliphatic rings. The SMILES string of the molecule is CC(C)OCOCO[C]=O.